The fourth-order valence-electron chi connectivity index (χ4n) is 1.94. The van der Waals surface area contributed by atoms with Gasteiger partial charge in [0.1, 0.15) is 5.75 Å². The predicted molar refractivity (Wildman–Crippen MR) is 76.8 cm³/mol. The molecule has 0 fully saturated rings. The first-order valence-electron chi connectivity index (χ1n) is 6.63. The first kappa shape index (κ1) is 15.5. The van der Waals surface area contributed by atoms with Crippen molar-refractivity contribution in [1.29, 1.82) is 0 Å². The van der Waals surface area contributed by atoms with Crippen molar-refractivity contribution in [1.82, 2.24) is 0 Å². The molecule has 1 aromatic carbocycles. The second kappa shape index (κ2) is 5.64. The molecule has 19 heavy (non-hydrogen) atoms. The number of benzene rings is 1. The van der Waals surface area contributed by atoms with Crippen LogP contribution >= 0.6 is 0 Å². The molecule has 106 valence electrons. The molecule has 0 bridgehead atoms. The number of carbonyl (C=O) groups is 1. The van der Waals surface area contributed by atoms with Gasteiger partial charge in [-0.25, -0.2) is 4.79 Å². The Kier molecular flexibility index (Phi) is 4.61. The Bertz CT molecular complexity index is 456. The van der Waals surface area contributed by atoms with Gasteiger partial charge < -0.3 is 9.84 Å². The minimum Gasteiger partial charge on any atom is -0.478 e. The summed E-state index contributed by atoms with van der Waals surface area (Å²) in [6, 6.07) is 5.88. The molecule has 0 saturated heterocycles. The van der Waals surface area contributed by atoms with Crippen LogP contribution in [0.3, 0.4) is 0 Å². The number of carboxylic acid groups (broad SMARTS) is 1. The van der Waals surface area contributed by atoms with Crippen molar-refractivity contribution < 1.29 is 14.6 Å². The highest BCUT2D eigenvalue weighted by atomic mass is 16.5. The molecule has 0 saturated carbocycles. The van der Waals surface area contributed by atoms with Gasteiger partial charge in [0.15, 0.2) is 6.10 Å². The quantitative estimate of drug-likeness (QED) is 0.900. The van der Waals surface area contributed by atoms with E-state index in [-0.39, 0.29) is 11.3 Å². The van der Waals surface area contributed by atoms with E-state index in [4.69, 9.17) is 4.74 Å². The average Bonchev–Trinajstić information content (AvgIpc) is 2.24. The fourth-order valence-corrected chi connectivity index (χ4v) is 1.94. The lowest BCUT2D eigenvalue weighted by molar-refractivity contribution is -0.147. The lowest BCUT2D eigenvalue weighted by atomic mass is 9.85. The van der Waals surface area contributed by atoms with Crippen molar-refractivity contribution >= 4 is 5.97 Å². The molecule has 3 heteroatoms. The van der Waals surface area contributed by atoms with Gasteiger partial charge in [-0.1, -0.05) is 52.3 Å². The maximum Gasteiger partial charge on any atom is 0.345 e. The van der Waals surface area contributed by atoms with Crippen molar-refractivity contribution in [2.24, 2.45) is 5.92 Å². The lowest BCUT2D eigenvalue weighted by Gasteiger charge is -2.26. The predicted octanol–water partition coefficient (Wildman–Crippen LogP) is 3.78. The normalized spacial score (nSPS) is 13.4. The highest BCUT2D eigenvalue weighted by Crippen LogP contribution is 2.33. The summed E-state index contributed by atoms with van der Waals surface area (Å²) in [4.78, 5) is 11.2. The molecule has 1 rings (SSSR count). The molecule has 0 heterocycles. The Morgan fingerprint density at radius 2 is 1.84 bits per heavy atom. The summed E-state index contributed by atoms with van der Waals surface area (Å²) in [5.41, 5.74) is 2.11. The Morgan fingerprint density at radius 1 is 1.26 bits per heavy atom. The standard InChI is InChI=1S/C16H24O3/c1-10(2)14(15(17)18)19-13-8-7-11(3)9-12(13)16(4,5)6/h7-10,14H,1-6H3,(H,17,18). The summed E-state index contributed by atoms with van der Waals surface area (Å²) < 4.78 is 5.75. The van der Waals surface area contributed by atoms with Crippen LogP contribution in [0.25, 0.3) is 0 Å². The van der Waals surface area contributed by atoms with Crippen molar-refractivity contribution in [2.75, 3.05) is 0 Å². The van der Waals surface area contributed by atoms with Gasteiger partial charge in [-0.3, -0.25) is 0 Å². The summed E-state index contributed by atoms with van der Waals surface area (Å²) in [5, 5.41) is 9.23. The number of hydrogen-bond donors (Lipinski definition) is 1. The van der Waals surface area contributed by atoms with Crippen LogP contribution in [0.4, 0.5) is 0 Å². The second-order valence-electron chi connectivity index (χ2n) is 6.37. The second-order valence-corrected chi connectivity index (χ2v) is 6.37. The molecule has 3 nitrogen and oxygen atoms in total. The third-order valence-corrected chi connectivity index (χ3v) is 3.05. The van der Waals surface area contributed by atoms with E-state index in [0.29, 0.717) is 5.75 Å². The third-order valence-electron chi connectivity index (χ3n) is 3.05. The topological polar surface area (TPSA) is 46.5 Å². The van der Waals surface area contributed by atoms with Gasteiger partial charge in [0.25, 0.3) is 0 Å². The molecular weight excluding hydrogens is 240 g/mol. The van der Waals surface area contributed by atoms with E-state index in [1.54, 1.807) is 0 Å². The van der Waals surface area contributed by atoms with Gasteiger partial charge in [-0.05, 0) is 24.0 Å². The molecular formula is C16H24O3. The van der Waals surface area contributed by atoms with Crippen LogP contribution in [0.2, 0.25) is 0 Å². The summed E-state index contributed by atoms with van der Waals surface area (Å²) in [5.74, 6) is -0.332. The number of aryl methyl sites for hydroxylation is 1. The summed E-state index contributed by atoms with van der Waals surface area (Å²) >= 11 is 0. The van der Waals surface area contributed by atoms with Gasteiger partial charge in [0, 0.05) is 5.92 Å². The lowest BCUT2D eigenvalue weighted by Crippen LogP contribution is -2.33. The minimum absolute atomic E-state index is 0.0772. The maximum atomic E-state index is 11.2. The van der Waals surface area contributed by atoms with Gasteiger partial charge in [0.2, 0.25) is 0 Å². The van der Waals surface area contributed by atoms with Crippen LogP contribution < -0.4 is 4.74 Å². The number of aliphatic carboxylic acids is 1. The van der Waals surface area contributed by atoms with Crippen LogP contribution in [0.5, 0.6) is 5.75 Å². The zero-order valence-corrected chi connectivity index (χ0v) is 12.7. The first-order valence-corrected chi connectivity index (χ1v) is 6.63. The number of hydrogen-bond acceptors (Lipinski definition) is 2. The molecule has 0 aromatic heterocycles. The van der Waals surface area contributed by atoms with E-state index in [0.717, 1.165) is 11.1 Å². The SMILES string of the molecule is Cc1ccc(OC(C(=O)O)C(C)C)c(C(C)(C)C)c1. The van der Waals surface area contributed by atoms with E-state index in [1.807, 2.05) is 32.9 Å². The van der Waals surface area contributed by atoms with Crippen LogP contribution in [0, 0.1) is 12.8 Å². The molecule has 0 aliphatic heterocycles. The van der Waals surface area contributed by atoms with Gasteiger partial charge >= 0.3 is 5.97 Å². The molecule has 0 radical (unpaired) electrons. The molecule has 1 unspecified atom stereocenters. The van der Waals surface area contributed by atoms with Crippen molar-refractivity contribution in [2.45, 2.75) is 53.1 Å². The molecule has 0 aliphatic rings. The summed E-state index contributed by atoms with van der Waals surface area (Å²) in [7, 11) is 0. The van der Waals surface area contributed by atoms with E-state index in [2.05, 4.69) is 26.8 Å². The number of rotatable bonds is 4. The monoisotopic (exact) mass is 264 g/mol. The smallest absolute Gasteiger partial charge is 0.345 e. The highest BCUT2D eigenvalue weighted by Gasteiger charge is 2.27. The van der Waals surface area contributed by atoms with Crippen molar-refractivity contribution in [3.05, 3.63) is 29.3 Å². The zero-order chi connectivity index (χ0) is 14.8. The van der Waals surface area contributed by atoms with E-state index in [1.165, 1.54) is 0 Å². The first-order chi connectivity index (χ1) is 8.62. The zero-order valence-electron chi connectivity index (χ0n) is 12.7. The van der Waals surface area contributed by atoms with E-state index >= 15 is 0 Å². The largest absolute Gasteiger partial charge is 0.478 e. The van der Waals surface area contributed by atoms with E-state index < -0.39 is 12.1 Å². The van der Waals surface area contributed by atoms with Gasteiger partial charge in [-0.15, -0.1) is 0 Å². The van der Waals surface area contributed by atoms with Crippen LogP contribution in [0.1, 0.15) is 45.7 Å². The Balaban J connectivity index is 3.17. The maximum absolute atomic E-state index is 11.2. The van der Waals surface area contributed by atoms with Crippen LogP contribution in [-0.2, 0) is 10.2 Å². The van der Waals surface area contributed by atoms with Crippen LogP contribution in [0.15, 0.2) is 18.2 Å². The molecule has 1 N–H and O–H groups in total. The van der Waals surface area contributed by atoms with Crippen LogP contribution in [-0.4, -0.2) is 17.2 Å². The Hall–Kier alpha value is -1.51. The summed E-state index contributed by atoms with van der Waals surface area (Å²) in [6.45, 7) is 12.0. The molecule has 0 aliphatic carbocycles. The number of ether oxygens (including phenoxy) is 1. The fraction of sp³-hybridized carbons (Fsp3) is 0.562. The molecule has 1 aromatic rings. The van der Waals surface area contributed by atoms with Crippen molar-refractivity contribution in [3.8, 4) is 5.75 Å². The molecule has 0 amide bonds. The van der Waals surface area contributed by atoms with Gasteiger partial charge in [0.05, 0.1) is 0 Å². The highest BCUT2D eigenvalue weighted by molar-refractivity contribution is 5.73. The Labute approximate surface area is 115 Å². The minimum atomic E-state index is -0.921. The number of carboxylic acids is 1. The summed E-state index contributed by atoms with van der Waals surface area (Å²) in [6.07, 6.45) is -0.816. The van der Waals surface area contributed by atoms with Gasteiger partial charge in [-0.2, -0.15) is 0 Å². The molecule has 0 spiro atoms. The Morgan fingerprint density at radius 3 is 2.26 bits per heavy atom. The molecule has 1 atom stereocenters. The average molecular weight is 264 g/mol. The van der Waals surface area contributed by atoms with E-state index in [9.17, 15) is 9.90 Å². The third kappa shape index (κ3) is 3.98. The van der Waals surface area contributed by atoms with Crippen molar-refractivity contribution in [3.63, 3.8) is 0 Å².